The van der Waals surface area contributed by atoms with Crippen LogP contribution in [0, 0.1) is 6.92 Å². The molecule has 26 heavy (non-hydrogen) atoms. The van der Waals surface area contributed by atoms with Crippen molar-refractivity contribution in [2.45, 2.75) is 31.7 Å². The van der Waals surface area contributed by atoms with Crippen molar-refractivity contribution in [3.63, 3.8) is 0 Å². The lowest BCUT2D eigenvalue weighted by atomic mass is 9.73. The van der Waals surface area contributed by atoms with Crippen molar-refractivity contribution in [3.05, 3.63) is 47.3 Å². The number of aryl methyl sites for hydroxylation is 1. The summed E-state index contributed by atoms with van der Waals surface area (Å²) in [5, 5.41) is 6.64. The lowest BCUT2D eigenvalue weighted by Gasteiger charge is -2.37. The van der Waals surface area contributed by atoms with Crippen LogP contribution in [0.3, 0.4) is 0 Å². The summed E-state index contributed by atoms with van der Waals surface area (Å²) in [6.07, 6.45) is 0.992. The SMILES string of the molecule is Cc1cc(C(=O)N2CCC3(CC2)C(=O)Nc2ccccc23)nn1C(F)F. The van der Waals surface area contributed by atoms with Gasteiger partial charge in [0, 0.05) is 24.5 Å². The normalized spacial score (nSPS) is 18.3. The van der Waals surface area contributed by atoms with E-state index in [9.17, 15) is 18.4 Å². The summed E-state index contributed by atoms with van der Waals surface area (Å²) in [6.45, 7) is -0.539. The minimum Gasteiger partial charge on any atom is -0.337 e. The van der Waals surface area contributed by atoms with Crippen LogP contribution in [0.15, 0.2) is 30.3 Å². The second-order valence-corrected chi connectivity index (χ2v) is 6.77. The van der Waals surface area contributed by atoms with E-state index in [0.29, 0.717) is 30.6 Å². The fourth-order valence-corrected chi connectivity index (χ4v) is 3.91. The standard InChI is InChI=1S/C18H18F2N4O2/c1-11-10-14(22-24(11)17(19)20)15(25)23-8-6-18(7-9-23)12-4-2-3-5-13(12)21-16(18)26/h2-5,10,17H,6-9H2,1H3,(H,21,26). The molecule has 0 atom stereocenters. The summed E-state index contributed by atoms with van der Waals surface area (Å²) in [4.78, 5) is 26.8. The molecule has 0 saturated carbocycles. The highest BCUT2D eigenvalue weighted by Gasteiger charge is 2.48. The summed E-state index contributed by atoms with van der Waals surface area (Å²) in [5.41, 5.74) is 1.42. The lowest BCUT2D eigenvalue weighted by Crippen LogP contribution is -2.48. The number of hydrogen-bond acceptors (Lipinski definition) is 3. The average molecular weight is 360 g/mol. The molecule has 2 aliphatic rings. The molecule has 1 aromatic heterocycles. The number of halogens is 2. The van der Waals surface area contributed by atoms with Crippen molar-refractivity contribution in [1.29, 1.82) is 0 Å². The van der Waals surface area contributed by atoms with E-state index in [4.69, 9.17) is 0 Å². The molecule has 2 aromatic rings. The van der Waals surface area contributed by atoms with E-state index in [1.807, 2.05) is 24.3 Å². The molecule has 6 nitrogen and oxygen atoms in total. The number of carbonyl (C=O) groups excluding carboxylic acids is 2. The van der Waals surface area contributed by atoms with Gasteiger partial charge in [-0.25, -0.2) is 4.68 Å². The van der Waals surface area contributed by atoms with Crippen molar-refractivity contribution < 1.29 is 18.4 Å². The Morgan fingerprint density at radius 2 is 1.96 bits per heavy atom. The predicted octanol–water partition coefficient (Wildman–Crippen LogP) is 2.71. The zero-order valence-electron chi connectivity index (χ0n) is 14.2. The largest absolute Gasteiger partial charge is 0.337 e. The van der Waals surface area contributed by atoms with Crippen LogP contribution < -0.4 is 5.32 Å². The maximum Gasteiger partial charge on any atom is 0.333 e. The molecule has 2 amide bonds. The van der Waals surface area contributed by atoms with Crippen LogP contribution in [0.25, 0.3) is 0 Å². The van der Waals surface area contributed by atoms with Crippen LogP contribution in [-0.2, 0) is 10.2 Å². The number of nitrogens with zero attached hydrogens (tertiary/aromatic N) is 3. The summed E-state index contributed by atoms with van der Waals surface area (Å²) in [5.74, 6) is -0.419. The fraction of sp³-hybridized carbons (Fsp3) is 0.389. The Kier molecular flexibility index (Phi) is 3.78. The summed E-state index contributed by atoms with van der Waals surface area (Å²) >= 11 is 0. The highest BCUT2D eigenvalue weighted by atomic mass is 19.3. The smallest absolute Gasteiger partial charge is 0.333 e. The Morgan fingerprint density at radius 1 is 1.27 bits per heavy atom. The summed E-state index contributed by atoms with van der Waals surface area (Å²) in [7, 11) is 0. The molecule has 1 aromatic carbocycles. The van der Waals surface area contributed by atoms with Crippen LogP contribution in [0.2, 0.25) is 0 Å². The highest BCUT2D eigenvalue weighted by molar-refractivity contribution is 6.06. The van der Waals surface area contributed by atoms with E-state index >= 15 is 0 Å². The molecular formula is C18H18F2N4O2. The van der Waals surface area contributed by atoms with E-state index in [2.05, 4.69) is 10.4 Å². The molecule has 3 heterocycles. The van der Waals surface area contributed by atoms with Crippen molar-refractivity contribution in [3.8, 4) is 0 Å². The number of anilines is 1. The van der Waals surface area contributed by atoms with Gasteiger partial charge < -0.3 is 10.2 Å². The Hall–Kier alpha value is -2.77. The first-order chi connectivity index (χ1) is 12.4. The van der Waals surface area contributed by atoms with Gasteiger partial charge in [0.25, 0.3) is 5.91 Å². The molecule has 0 bridgehead atoms. The van der Waals surface area contributed by atoms with Gasteiger partial charge in [0.2, 0.25) is 5.91 Å². The average Bonchev–Trinajstić information content (AvgIpc) is 3.14. The maximum absolute atomic E-state index is 12.9. The lowest BCUT2D eigenvalue weighted by molar-refractivity contribution is -0.122. The Morgan fingerprint density at radius 3 is 2.62 bits per heavy atom. The van der Waals surface area contributed by atoms with Gasteiger partial charge in [-0.05, 0) is 37.5 Å². The number of fused-ring (bicyclic) bond motifs is 2. The van der Waals surface area contributed by atoms with Crippen LogP contribution in [0.4, 0.5) is 14.5 Å². The van der Waals surface area contributed by atoms with Gasteiger partial charge in [0.15, 0.2) is 5.69 Å². The third-order valence-electron chi connectivity index (χ3n) is 5.36. The van der Waals surface area contributed by atoms with Gasteiger partial charge in [-0.15, -0.1) is 0 Å². The number of rotatable bonds is 2. The second kappa shape index (κ2) is 5.89. The zero-order chi connectivity index (χ0) is 18.5. The van der Waals surface area contributed by atoms with Crippen LogP contribution in [0.5, 0.6) is 0 Å². The number of aromatic nitrogens is 2. The molecule has 136 valence electrons. The number of piperidine rings is 1. The molecule has 0 aliphatic carbocycles. The van der Waals surface area contributed by atoms with Gasteiger partial charge in [-0.1, -0.05) is 18.2 Å². The van der Waals surface area contributed by atoms with E-state index in [-0.39, 0.29) is 23.2 Å². The first kappa shape index (κ1) is 16.7. The van der Waals surface area contributed by atoms with Gasteiger partial charge >= 0.3 is 6.55 Å². The van der Waals surface area contributed by atoms with Crippen molar-refractivity contribution in [1.82, 2.24) is 14.7 Å². The molecule has 1 N–H and O–H groups in total. The zero-order valence-corrected chi connectivity index (χ0v) is 14.2. The maximum atomic E-state index is 12.9. The van der Waals surface area contributed by atoms with Gasteiger partial charge in [0.05, 0.1) is 5.41 Å². The molecule has 2 aliphatic heterocycles. The number of alkyl halides is 2. The molecule has 1 spiro atoms. The molecule has 4 rings (SSSR count). The molecule has 0 unspecified atom stereocenters. The summed E-state index contributed by atoms with van der Waals surface area (Å²) < 4.78 is 26.3. The number of hydrogen-bond donors (Lipinski definition) is 1. The molecule has 1 fully saturated rings. The third-order valence-corrected chi connectivity index (χ3v) is 5.36. The Labute approximate surface area is 148 Å². The Balaban J connectivity index is 1.53. The minimum absolute atomic E-state index is 0.00928. The fourth-order valence-electron chi connectivity index (χ4n) is 3.91. The van der Waals surface area contributed by atoms with Crippen LogP contribution in [-0.4, -0.2) is 39.6 Å². The number of para-hydroxylation sites is 1. The Bertz CT molecular complexity index is 885. The third kappa shape index (κ3) is 2.40. The highest BCUT2D eigenvalue weighted by Crippen LogP contribution is 2.44. The monoisotopic (exact) mass is 360 g/mol. The van der Waals surface area contributed by atoms with E-state index in [0.717, 1.165) is 11.3 Å². The molecular weight excluding hydrogens is 342 g/mol. The minimum atomic E-state index is -2.78. The first-order valence-electron chi connectivity index (χ1n) is 8.47. The quantitative estimate of drug-likeness (QED) is 0.895. The number of amides is 2. The number of nitrogens with one attached hydrogen (secondary N) is 1. The number of carbonyl (C=O) groups is 2. The molecule has 1 saturated heterocycles. The van der Waals surface area contributed by atoms with Gasteiger partial charge in [0.1, 0.15) is 0 Å². The van der Waals surface area contributed by atoms with Crippen molar-refractivity contribution >= 4 is 17.5 Å². The first-order valence-corrected chi connectivity index (χ1v) is 8.47. The van der Waals surface area contributed by atoms with E-state index in [1.54, 1.807) is 4.90 Å². The van der Waals surface area contributed by atoms with E-state index < -0.39 is 12.0 Å². The van der Waals surface area contributed by atoms with Crippen molar-refractivity contribution in [2.24, 2.45) is 0 Å². The molecule has 0 radical (unpaired) electrons. The van der Waals surface area contributed by atoms with Crippen LogP contribution >= 0.6 is 0 Å². The van der Waals surface area contributed by atoms with E-state index in [1.165, 1.54) is 13.0 Å². The summed E-state index contributed by atoms with van der Waals surface area (Å²) in [6, 6.07) is 8.96. The number of benzene rings is 1. The second-order valence-electron chi connectivity index (χ2n) is 6.77. The van der Waals surface area contributed by atoms with Gasteiger partial charge in [-0.3, -0.25) is 9.59 Å². The molecule has 8 heteroatoms. The predicted molar refractivity (Wildman–Crippen MR) is 90.1 cm³/mol. The van der Waals surface area contributed by atoms with Crippen LogP contribution in [0.1, 0.15) is 41.1 Å². The number of likely N-dealkylation sites (tertiary alicyclic amines) is 1. The topological polar surface area (TPSA) is 67.2 Å². The van der Waals surface area contributed by atoms with Crippen molar-refractivity contribution in [2.75, 3.05) is 18.4 Å². The van der Waals surface area contributed by atoms with Gasteiger partial charge in [-0.2, -0.15) is 13.9 Å².